The van der Waals surface area contributed by atoms with Gasteiger partial charge in [-0.05, 0) is 31.4 Å². The molecule has 1 aliphatic rings. The molecule has 0 N–H and O–H groups in total. The van der Waals surface area contributed by atoms with Gasteiger partial charge in [-0.2, -0.15) is 0 Å². The summed E-state index contributed by atoms with van der Waals surface area (Å²) in [6.45, 7) is 2.89. The maximum absolute atomic E-state index is 13.4. The lowest BCUT2D eigenvalue weighted by molar-refractivity contribution is 0.500. The number of rotatable bonds is 3. The van der Waals surface area contributed by atoms with Crippen LogP contribution in [-0.2, 0) is 6.42 Å². The Labute approximate surface area is 94.2 Å². The van der Waals surface area contributed by atoms with E-state index in [0.29, 0.717) is 12.0 Å². The van der Waals surface area contributed by atoms with Gasteiger partial charge in [0.05, 0.1) is 0 Å². The van der Waals surface area contributed by atoms with Crippen molar-refractivity contribution in [2.45, 2.75) is 32.6 Å². The van der Waals surface area contributed by atoms with Gasteiger partial charge in [0.25, 0.3) is 0 Å². The van der Waals surface area contributed by atoms with E-state index in [1.165, 1.54) is 6.07 Å². The lowest BCUT2D eigenvalue weighted by atomic mass is 10.1. The Balaban J connectivity index is 2.27. The summed E-state index contributed by atoms with van der Waals surface area (Å²) in [7, 11) is 0. The third kappa shape index (κ3) is 1.99. The molecule has 0 amide bonds. The fraction of sp³-hybridized carbons (Fsp3) is 0.462. The largest absolute Gasteiger partial charge is 0.289 e. The van der Waals surface area contributed by atoms with Gasteiger partial charge in [0.1, 0.15) is 0 Å². The summed E-state index contributed by atoms with van der Waals surface area (Å²) in [5, 5.41) is 0. The first kappa shape index (κ1) is 11.2. The monoisotopic (exact) mass is 223 g/mol. The Kier molecular flexibility index (Phi) is 3.32. The van der Waals surface area contributed by atoms with Crippen LogP contribution in [0.4, 0.5) is 8.78 Å². The van der Waals surface area contributed by atoms with Crippen LogP contribution in [0, 0.1) is 11.6 Å². The molecular formula is C13H15F2N. The average molecular weight is 223 g/mol. The van der Waals surface area contributed by atoms with E-state index in [1.54, 1.807) is 6.07 Å². The van der Waals surface area contributed by atoms with Crippen LogP contribution in [0.1, 0.15) is 37.3 Å². The Morgan fingerprint density at radius 3 is 2.81 bits per heavy atom. The molecule has 0 spiro atoms. The minimum absolute atomic E-state index is 0.496. The van der Waals surface area contributed by atoms with Gasteiger partial charge in [0.2, 0.25) is 0 Å². The van der Waals surface area contributed by atoms with Crippen LogP contribution in [-0.4, -0.2) is 12.3 Å². The van der Waals surface area contributed by atoms with Crippen LogP contribution >= 0.6 is 0 Å². The van der Waals surface area contributed by atoms with Crippen LogP contribution in [0.2, 0.25) is 0 Å². The van der Waals surface area contributed by atoms with E-state index in [0.717, 1.165) is 37.1 Å². The maximum atomic E-state index is 13.4. The number of fused-ring (bicyclic) bond motifs is 1. The summed E-state index contributed by atoms with van der Waals surface area (Å²) < 4.78 is 26.4. The molecule has 86 valence electrons. The molecule has 0 fully saturated rings. The number of hydrogen-bond donors (Lipinski definition) is 0. The predicted octanol–water partition coefficient (Wildman–Crippen LogP) is 3.50. The molecule has 16 heavy (non-hydrogen) atoms. The third-order valence-electron chi connectivity index (χ3n) is 2.93. The molecule has 0 aromatic heterocycles. The lowest BCUT2D eigenvalue weighted by Crippen LogP contribution is -1.98. The fourth-order valence-electron chi connectivity index (χ4n) is 2.02. The molecular weight excluding hydrogens is 208 g/mol. The summed E-state index contributed by atoms with van der Waals surface area (Å²) in [6.07, 6.45) is 3.45. The predicted molar refractivity (Wildman–Crippen MR) is 61.0 cm³/mol. The second-order valence-electron chi connectivity index (χ2n) is 4.07. The average Bonchev–Trinajstić information content (AvgIpc) is 2.68. The first-order valence-corrected chi connectivity index (χ1v) is 5.74. The molecule has 0 heterocycles. The van der Waals surface area contributed by atoms with E-state index in [-0.39, 0.29) is 0 Å². The normalized spacial score (nSPS) is 16.8. The smallest absolute Gasteiger partial charge is 0.162 e. The van der Waals surface area contributed by atoms with Crippen molar-refractivity contribution >= 4 is 5.71 Å². The van der Waals surface area contributed by atoms with Gasteiger partial charge in [-0.3, -0.25) is 4.99 Å². The number of aliphatic imine (C=N–C) groups is 1. The summed E-state index contributed by atoms with van der Waals surface area (Å²) in [6, 6.07) is 2.83. The molecule has 2 rings (SSSR count). The first-order valence-electron chi connectivity index (χ1n) is 5.74. The Bertz CT molecular complexity index is 424. The van der Waals surface area contributed by atoms with E-state index >= 15 is 0 Å². The van der Waals surface area contributed by atoms with E-state index in [4.69, 9.17) is 0 Å². The topological polar surface area (TPSA) is 12.4 Å². The molecule has 1 aliphatic carbocycles. The number of benzene rings is 1. The van der Waals surface area contributed by atoms with E-state index in [9.17, 15) is 8.78 Å². The quantitative estimate of drug-likeness (QED) is 0.695. The molecule has 0 unspecified atom stereocenters. The Morgan fingerprint density at radius 2 is 2.06 bits per heavy atom. The van der Waals surface area contributed by atoms with Crippen molar-refractivity contribution in [3.8, 4) is 0 Å². The fourth-order valence-corrected chi connectivity index (χ4v) is 2.02. The van der Waals surface area contributed by atoms with Crippen molar-refractivity contribution < 1.29 is 8.78 Å². The number of nitrogens with zero attached hydrogens (tertiary/aromatic N) is 1. The zero-order chi connectivity index (χ0) is 11.5. The Morgan fingerprint density at radius 1 is 1.25 bits per heavy atom. The summed E-state index contributed by atoms with van der Waals surface area (Å²) in [5.74, 6) is -1.45. The minimum atomic E-state index is -0.756. The Hall–Kier alpha value is -1.25. The molecule has 0 saturated heterocycles. The summed E-state index contributed by atoms with van der Waals surface area (Å²) in [4.78, 5) is 4.45. The van der Waals surface area contributed by atoms with Gasteiger partial charge < -0.3 is 0 Å². The van der Waals surface area contributed by atoms with Crippen LogP contribution < -0.4 is 0 Å². The minimum Gasteiger partial charge on any atom is -0.289 e. The zero-order valence-corrected chi connectivity index (χ0v) is 9.39. The van der Waals surface area contributed by atoms with Crippen LogP contribution in [0.5, 0.6) is 0 Å². The van der Waals surface area contributed by atoms with E-state index in [1.807, 2.05) is 0 Å². The standard InChI is InChI=1S/C13H15F2N/c1-2-3-8-16-12-7-5-10-9(12)4-6-11(14)13(10)15/h4,6H,2-3,5,7-8H2,1H3. The molecule has 1 aromatic rings. The molecule has 0 atom stereocenters. The zero-order valence-electron chi connectivity index (χ0n) is 9.39. The van der Waals surface area contributed by atoms with Crippen molar-refractivity contribution in [2.24, 2.45) is 4.99 Å². The highest BCUT2D eigenvalue weighted by Gasteiger charge is 2.22. The van der Waals surface area contributed by atoms with Gasteiger partial charge in [-0.15, -0.1) is 0 Å². The number of hydrogen-bond acceptors (Lipinski definition) is 1. The molecule has 1 nitrogen and oxygen atoms in total. The van der Waals surface area contributed by atoms with Gasteiger partial charge in [-0.1, -0.05) is 13.3 Å². The highest BCUT2D eigenvalue weighted by atomic mass is 19.2. The molecule has 0 bridgehead atoms. The van der Waals surface area contributed by atoms with Crippen LogP contribution in [0.15, 0.2) is 17.1 Å². The second-order valence-corrected chi connectivity index (χ2v) is 4.07. The van der Waals surface area contributed by atoms with Crippen molar-refractivity contribution in [1.29, 1.82) is 0 Å². The lowest BCUT2D eigenvalue weighted by Gasteiger charge is -2.02. The van der Waals surface area contributed by atoms with Gasteiger partial charge in [0.15, 0.2) is 11.6 Å². The van der Waals surface area contributed by atoms with Gasteiger partial charge in [0, 0.05) is 23.4 Å². The summed E-state index contributed by atoms with van der Waals surface area (Å²) >= 11 is 0. The van der Waals surface area contributed by atoms with Crippen molar-refractivity contribution in [3.63, 3.8) is 0 Å². The van der Waals surface area contributed by atoms with Crippen LogP contribution in [0.3, 0.4) is 0 Å². The highest BCUT2D eigenvalue weighted by molar-refractivity contribution is 6.04. The van der Waals surface area contributed by atoms with E-state index < -0.39 is 11.6 Å². The van der Waals surface area contributed by atoms with Crippen molar-refractivity contribution in [3.05, 3.63) is 34.9 Å². The molecule has 3 heteroatoms. The van der Waals surface area contributed by atoms with E-state index in [2.05, 4.69) is 11.9 Å². The van der Waals surface area contributed by atoms with Crippen molar-refractivity contribution in [1.82, 2.24) is 0 Å². The van der Waals surface area contributed by atoms with Crippen molar-refractivity contribution in [2.75, 3.05) is 6.54 Å². The van der Waals surface area contributed by atoms with Gasteiger partial charge in [-0.25, -0.2) is 8.78 Å². The third-order valence-corrected chi connectivity index (χ3v) is 2.93. The second kappa shape index (κ2) is 4.73. The maximum Gasteiger partial charge on any atom is 0.162 e. The molecule has 0 aliphatic heterocycles. The van der Waals surface area contributed by atoms with Crippen LogP contribution in [0.25, 0.3) is 0 Å². The number of unbranched alkanes of at least 4 members (excludes halogenated alkanes) is 1. The SMILES string of the molecule is CCCCN=C1CCc2c1ccc(F)c2F. The van der Waals surface area contributed by atoms with Gasteiger partial charge >= 0.3 is 0 Å². The molecule has 1 aromatic carbocycles. The molecule has 0 saturated carbocycles. The highest BCUT2D eigenvalue weighted by Crippen LogP contribution is 2.26. The first-order chi connectivity index (χ1) is 7.74. The summed E-state index contributed by atoms with van der Waals surface area (Å²) in [5.41, 5.74) is 2.23. The number of halogens is 2. The molecule has 0 radical (unpaired) electrons.